The molecule has 6 heteroatoms. The number of halogens is 1. The molecule has 1 fully saturated rings. The highest BCUT2D eigenvalue weighted by Gasteiger charge is 2.29. The van der Waals surface area contributed by atoms with E-state index in [1.807, 2.05) is 24.0 Å². The Bertz CT molecular complexity index is 1070. The van der Waals surface area contributed by atoms with Crippen molar-refractivity contribution in [1.82, 2.24) is 0 Å². The minimum absolute atomic E-state index is 0.113. The van der Waals surface area contributed by atoms with Gasteiger partial charge in [0.1, 0.15) is 5.58 Å². The predicted octanol–water partition coefficient (Wildman–Crippen LogP) is 3.82. The second-order valence-corrected chi connectivity index (χ2v) is 6.86. The smallest absolute Gasteiger partial charge is 0.308 e. The largest absolute Gasteiger partial charge is 0.481 e. The van der Waals surface area contributed by atoms with Gasteiger partial charge in [0.25, 0.3) is 0 Å². The van der Waals surface area contributed by atoms with Crippen molar-refractivity contribution in [3.63, 3.8) is 0 Å². The molecule has 0 unspecified atom stereocenters. The van der Waals surface area contributed by atoms with Crippen LogP contribution in [0.15, 0.2) is 39.5 Å². The number of fused-ring (bicyclic) bond motifs is 2. The van der Waals surface area contributed by atoms with Crippen molar-refractivity contribution >= 4 is 45.2 Å². The van der Waals surface area contributed by atoms with Crippen molar-refractivity contribution < 1.29 is 14.3 Å². The minimum atomic E-state index is -0.773. The van der Waals surface area contributed by atoms with Crippen molar-refractivity contribution in [3.8, 4) is 0 Å². The third-order valence-corrected chi connectivity index (χ3v) is 5.14. The SMILES string of the molecule is Cc1cc2c(=O)c3cccc(Cl)c3oc2cc1N1CC[C@@H](C(=O)O)C1. The van der Waals surface area contributed by atoms with Crippen LogP contribution in [-0.2, 0) is 4.79 Å². The number of hydrogen-bond acceptors (Lipinski definition) is 4. The van der Waals surface area contributed by atoms with Gasteiger partial charge in [-0.3, -0.25) is 9.59 Å². The first-order valence-corrected chi connectivity index (χ1v) is 8.47. The van der Waals surface area contributed by atoms with Gasteiger partial charge < -0.3 is 14.4 Å². The Morgan fingerprint density at radius 1 is 1.32 bits per heavy atom. The molecule has 0 aliphatic carbocycles. The van der Waals surface area contributed by atoms with Crippen LogP contribution in [0, 0.1) is 12.8 Å². The van der Waals surface area contributed by atoms with Crippen LogP contribution in [0.3, 0.4) is 0 Å². The molecule has 1 atom stereocenters. The van der Waals surface area contributed by atoms with Crippen LogP contribution >= 0.6 is 11.6 Å². The number of rotatable bonds is 2. The first-order valence-electron chi connectivity index (χ1n) is 8.09. The van der Waals surface area contributed by atoms with Gasteiger partial charge in [-0.25, -0.2) is 0 Å². The van der Waals surface area contributed by atoms with Gasteiger partial charge in [-0.2, -0.15) is 0 Å². The van der Waals surface area contributed by atoms with Gasteiger partial charge in [-0.05, 0) is 37.1 Å². The highest BCUT2D eigenvalue weighted by atomic mass is 35.5. The molecule has 1 N–H and O–H groups in total. The summed E-state index contributed by atoms with van der Waals surface area (Å²) in [6, 6.07) is 8.74. The summed E-state index contributed by atoms with van der Waals surface area (Å²) < 4.78 is 5.91. The van der Waals surface area contributed by atoms with Crippen LogP contribution < -0.4 is 10.3 Å². The summed E-state index contributed by atoms with van der Waals surface area (Å²) in [6.07, 6.45) is 0.611. The lowest BCUT2D eigenvalue weighted by atomic mass is 10.1. The van der Waals surface area contributed by atoms with E-state index in [0.717, 1.165) is 11.3 Å². The molecule has 0 radical (unpaired) electrons. The molecule has 25 heavy (non-hydrogen) atoms. The number of para-hydroxylation sites is 1. The van der Waals surface area contributed by atoms with Crippen LogP contribution in [-0.4, -0.2) is 24.2 Å². The van der Waals surface area contributed by atoms with Gasteiger partial charge in [-0.1, -0.05) is 17.7 Å². The quantitative estimate of drug-likeness (QED) is 0.706. The summed E-state index contributed by atoms with van der Waals surface area (Å²) in [6.45, 7) is 3.05. The van der Waals surface area contributed by atoms with Gasteiger partial charge >= 0.3 is 5.97 Å². The predicted molar refractivity (Wildman–Crippen MR) is 97.7 cm³/mol. The lowest BCUT2D eigenvalue weighted by Crippen LogP contribution is -2.23. The summed E-state index contributed by atoms with van der Waals surface area (Å²) in [5, 5.41) is 10.6. The van der Waals surface area contributed by atoms with Gasteiger partial charge in [0.05, 0.1) is 21.7 Å². The molecule has 0 bridgehead atoms. The monoisotopic (exact) mass is 357 g/mol. The fourth-order valence-corrected chi connectivity index (χ4v) is 3.72. The van der Waals surface area contributed by atoms with Crippen molar-refractivity contribution in [1.29, 1.82) is 0 Å². The summed E-state index contributed by atoms with van der Waals surface area (Å²) in [7, 11) is 0. The maximum atomic E-state index is 12.8. The number of carboxylic acid groups (broad SMARTS) is 1. The standard InChI is InChI=1S/C19H16ClNO4/c1-10-7-13-16(8-15(10)21-6-5-11(9-21)19(23)24)25-18-12(17(13)22)3-2-4-14(18)20/h2-4,7-8,11H,5-6,9H2,1H3,(H,23,24)/t11-/m1/s1. The third-order valence-electron chi connectivity index (χ3n) is 4.84. The Morgan fingerprint density at radius 3 is 2.84 bits per heavy atom. The zero-order valence-corrected chi connectivity index (χ0v) is 14.3. The van der Waals surface area contributed by atoms with E-state index in [1.165, 1.54) is 0 Å². The van der Waals surface area contributed by atoms with E-state index in [2.05, 4.69) is 0 Å². The molecule has 0 saturated carbocycles. The van der Waals surface area contributed by atoms with E-state index < -0.39 is 5.97 Å². The summed E-state index contributed by atoms with van der Waals surface area (Å²) in [4.78, 5) is 26.0. The van der Waals surface area contributed by atoms with Gasteiger partial charge in [0.2, 0.25) is 5.43 Å². The zero-order chi connectivity index (χ0) is 17.7. The normalized spacial score (nSPS) is 17.5. The summed E-state index contributed by atoms with van der Waals surface area (Å²) in [5.41, 5.74) is 2.54. The van der Waals surface area contributed by atoms with Gasteiger partial charge in [-0.15, -0.1) is 0 Å². The molecular formula is C19H16ClNO4. The highest BCUT2D eigenvalue weighted by molar-refractivity contribution is 6.34. The molecule has 4 rings (SSSR count). The van der Waals surface area contributed by atoms with Crippen LogP contribution in [0.5, 0.6) is 0 Å². The first kappa shape index (κ1) is 16.0. The molecule has 0 amide bonds. The Kier molecular flexibility index (Phi) is 3.69. The van der Waals surface area contributed by atoms with E-state index in [4.69, 9.17) is 16.0 Å². The first-order chi connectivity index (χ1) is 12.0. The van der Waals surface area contributed by atoms with Gasteiger partial charge in [0, 0.05) is 24.8 Å². The second kappa shape index (κ2) is 5.77. The van der Waals surface area contributed by atoms with Crippen molar-refractivity contribution in [2.45, 2.75) is 13.3 Å². The molecule has 128 valence electrons. The second-order valence-electron chi connectivity index (χ2n) is 6.45. The van der Waals surface area contributed by atoms with E-state index in [-0.39, 0.29) is 11.3 Å². The molecule has 1 aliphatic rings. The van der Waals surface area contributed by atoms with Gasteiger partial charge in [0.15, 0.2) is 5.58 Å². The summed E-state index contributed by atoms with van der Waals surface area (Å²) in [5.74, 6) is -1.14. The van der Waals surface area contributed by atoms with Crippen LogP contribution in [0.1, 0.15) is 12.0 Å². The molecule has 1 aromatic heterocycles. The number of aryl methyl sites for hydroxylation is 1. The molecule has 2 heterocycles. The number of aliphatic carboxylic acids is 1. The number of hydrogen-bond donors (Lipinski definition) is 1. The number of nitrogens with zero attached hydrogens (tertiary/aromatic N) is 1. The topological polar surface area (TPSA) is 70.8 Å². The molecule has 1 aliphatic heterocycles. The zero-order valence-electron chi connectivity index (χ0n) is 13.6. The maximum absolute atomic E-state index is 12.8. The van der Waals surface area contributed by atoms with Crippen LogP contribution in [0.4, 0.5) is 5.69 Å². The number of benzene rings is 2. The average molecular weight is 358 g/mol. The number of carbonyl (C=O) groups is 1. The highest BCUT2D eigenvalue weighted by Crippen LogP contribution is 2.32. The molecule has 0 spiro atoms. The lowest BCUT2D eigenvalue weighted by Gasteiger charge is -2.21. The van der Waals surface area contributed by atoms with Crippen LogP contribution in [0.25, 0.3) is 21.9 Å². The Morgan fingerprint density at radius 2 is 2.12 bits per heavy atom. The van der Waals surface area contributed by atoms with Crippen molar-refractivity contribution in [2.24, 2.45) is 5.92 Å². The third kappa shape index (κ3) is 2.55. The molecule has 5 nitrogen and oxygen atoms in total. The van der Waals surface area contributed by atoms with E-state index in [1.54, 1.807) is 18.2 Å². The van der Waals surface area contributed by atoms with E-state index in [9.17, 15) is 14.7 Å². The number of carboxylic acids is 1. The van der Waals surface area contributed by atoms with E-state index in [0.29, 0.717) is 46.5 Å². The Hall–Kier alpha value is -2.53. The molecule has 3 aromatic rings. The van der Waals surface area contributed by atoms with Crippen molar-refractivity contribution in [3.05, 3.63) is 51.1 Å². The lowest BCUT2D eigenvalue weighted by molar-refractivity contribution is -0.140. The Labute approximate surface area is 148 Å². The maximum Gasteiger partial charge on any atom is 0.308 e. The van der Waals surface area contributed by atoms with Crippen molar-refractivity contribution in [2.75, 3.05) is 18.0 Å². The fourth-order valence-electron chi connectivity index (χ4n) is 3.51. The molecular weight excluding hydrogens is 342 g/mol. The van der Waals surface area contributed by atoms with Crippen LogP contribution in [0.2, 0.25) is 5.02 Å². The summed E-state index contributed by atoms with van der Waals surface area (Å²) >= 11 is 6.17. The fraction of sp³-hybridized carbons (Fsp3) is 0.263. The Balaban J connectivity index is 1.90. The minimum Gasteiger partial charge on any atom is -0.481 e. The number of anilines is 1. The molecule has 1 saturated heterocycles. The molecule has 2 aromatic carbocycles. The average Bonchev–Trinajstić information content (AvgIpc) is 3.06. The van der Waals surface area contributed by atoms with E-state index >= 15 is 0 Å².